The SMILES string of the molecule is c1ccc2c(c1)-c1ccc(-c3ccc(-c4cccc5c(-n6c7ccccc7c7ccc(-c8ccc9c%10ccccc%10n(-c%10ccc%11c(c%10)sc%10ccccc%10%11)c9c8)cc76)cccc45)cc3)cc1C1CC3CC4CC2CC431. The Bertz CT molecular complexity index is 4810. The summed E-state index contributed by atoms with van der Waals surface area (Å²) in [4.78, 5) is 0. The van der Waals surface area contributed by atoms with E-state index < -0.39 is 0 Å². The molecule has 3 heteroatoms. The number of hydrogen-bond donors (Lipinski definition) is 0. The van der Waals surface area contributed by atoms with Gasteiger partial charge < -0.3 is 9.13 Å². The number of aromatic nitrogens is 2. The minimum Gasteiger partial charge on any atom is -0.309 e. The summed E-state index contributed by atoms with van der Waals surface area (Å²) < 4.78 is 7.62. The van der Waals surface area contributed by atoms with E-state index in [1.807, 2.05) is 11.3 Å². The Morgan fingerprint density at radius 3 is 1.72 bits per heavy atom. The fourth-order valence-electron chi connectivity index (χ4n) is 16.1. The maximum Gasteiger partial charge on any atom is 0.0547 e. The van der Waals surface area contributed by atoms with E-state index in [0.717, 1.165) is 17.8 Å². The van der Waals surface area contributed by atoms with Crippen LogP contribution in [-0.2, 0) is 0 Å². The van der Waals surface area contributed by atoms with Gasteiger partial charge in [-0.05, 0) is 164 Å². The van der Waals surface area contributed by atoms with E-state index >= 15 is 0 Å². The molecule has 11 aromatic carbocycles. The van der Waals surface area contributed by atoms with Crippen molar-refractivity contribution >= 4 is 85.9 Å². The van der Waals surface area contributed by atoms with Gasteiger partial charge in [0.05, 0.1) is 27.8 Å². The predicted molar refractivity (Wildman–Crippen MR) is 321 cm³/mol. The molecule has 0 radical (unpaired) electrons. The molecule has 0 saturated heterocycles. The number of fused-ring (bicyclic) bond motifs is 16. The quantitative estimate of drug-likeness (QED) is 0.163. The average Bonchev–Trinajstić information content (AvgIpc) is 4.13. The first-order valence-corrected chi connectivity index (χ1v) is 28.3. The normalized spacial score (nSPS) is 20.2. The third kappa shape index (κ3) is 5.60. The van der Waals surface area contributed by atoms with E-state index in [1.54, 1.807) is 11.1 Å². The topological polar surface area (TPSA) is 9.86 Å². The zero-order chi connectivity index (χ0) is 49.4. The van der Waals surface area contributed by atoms with E-state index in [9.17, 15) is 0 Å². The van der Waals surface area contributed by atoms with Crippen molar-refractivity contribution in [2.24, 2.45) is 17.3 Å². The summed E-state index contributed by atoms with van der Waals surface area (Å²) >= 11 is 1.88. The lowest BCUT2D eigenvalue weighted by Gasteiger charge is -2.67. The van der Waals surface area contributed by atoms with Crippen molar-refractivity contribution in [3.8, 4) is 55.9 Å². The molecule has 3 aromatic heterocycles. The zero-order valence-electron chi connectivity index (χ0n) is 41.9. The predicted octanol–water partition coefficient (Wildman–Crippen LogP) is 20.1. The molecule has 1 spiro atoms. The van der Waals surface area contributed by atoms with E-state index in [1.165, 1.54) is 156 Å². The van der Waals surface area contributed by atoms with Crippen molar-refractivity contribution < 1.29 is 0 Å². The summed E-state index contributed by atoms with van der Waals surface area (Å²) in [5.74, 6) is 3.26. The largest absolute Gasteiger partial charge is 0.309 e. The highest BCUT2D eigenvalue weighted by Crippen LogP contribution is 2.80. The number of nitrogens with zero attached hydrogens (tertiary/aromatic N) is 2. The van der Waals surface area contributed by atoms with Crippen LogP contribution in [0.1, 0.15) is 48.6 Å². The summed E-state index contributed by atoms with van der Waals surface area (Å²) in [5, 5.41) is 10.2. The number of rotatable bonds is 5. The van der Waals surface area contributed by atoms with E-state index in [2.05, 4.69) is 240 Å². The van der Waals surface area contributed by atoms with Gasteiger partial charge in [0.25, 0.3) is 0 Å². The molecule has 2 bridgehead atoms. The summed E-state index contributed by atoms with van der Waals surface area (Å²) in [6.45, 7) is 0. The highest BCUT2D eigenvalue weighted by molar-refractivity contribution is 7.25. The number of hydrogen-bond acceptors (Lipinski definition) is 1. The molecule has 18 rings (SSSR count). The van der Waals surface area contributed by atoms with Gasteiger partial charge in [-0.25, -0.2) is 0 Å². The number of benzene rings is 11. The van der Waals surface area contributed by atoms with Gasteiger partial charge in [0.15, 0.2) is 0 Å². The molecule has 4 aliphatic rings. The van der Waals surface area contributed by atoms with Crippen LogP contribution in [0.15, 0.2) is 231 Å². The first-order chi connectivity index (χ1) is 37.6. The van der Waals surface area contributed by atoms with Crippen LogP contribution in [0.5, 0.6) is 0 Å². The van der Waals surface area contributed by atoms with Crippen LogP contribution in [0.2, 0.25) is 0 Å². The van der Waals surface area contributed by atoms with Gasteiger partial charge in [0.1, 0.15) is 0 Å². The van der Waals surface area contributed by atoms with Crippen molar-refractivity contribution in [2.45, 2.75) is 37.5 Å². The molecule has 2 nitrogen and oxygen atoms in total. The van der Waals surface area contributed by atoms with Crippen LogP contribution >= 0.6 is 11.3 Å². The molecule has 0 aliphatic heterocycles. The van der Waals surface area contributed by atoms with Crippen LogP contribution in [0.3, 0.4) is 0 Å². The van der Waals surface area contributed by atoms with Gasteiger partial charge in [-0.2, -0.15) is 0 Å². The Morgan fingerprint density at radius 2 is 0.908 bits per heavy atom. The minimum atomic E-state index is 0.542. The molecule has 358 valence electrons. The smallest absolute Gasteiger partial charge is 0.0547 e. The molecule has 3 heterocycles. The molecule has 14 aromatic rings. The second-order valence-corrected chi connectivity index (χ2v) is 23.8. The first kappa shape index (κ1) is 41.8. The summed E-state index contributed by atoms with van der Waals surface area (Å²) in [7, 11) is 0. The maximum absolute atomic E-state index is 2.60. The van der Waals surface area contributed by atoms with Crippen LogP contribution in [0.25, 0.3) is 130 Å². The van der Waals surface area contributed by atoms with Crippen molar-refractivity contribution in [1.29, 1.82) is 0 Å². The molecule has 5 unspecified atom stereocenters. The molecule has 5 atom stereocenters. The third-order valence-corrected chi connectivity index (χ3v) is 20.6. The second-order valence-electron chi connectivity index (χ2n) is 22.8. The van der Waals surface area contributed by atoms with Gasteiger partial charge in [-0.15, -0.1) is 11.3 Å². The number of para-hydroxylation sites is 2. The highest BCUT2D eigenvalue weighted by Gasteiger charge is 2.70. The molecule has 76 heavy (non-hydrogen) atoms. The Hall–Kier alpha value is -8.50. The van der Waals surface area contributed by atoms with Crippen molar-refractivity contribution in [1.82, 2.24) is 9.13 Å². The van der Waals surface area contributed by atoms with Crippen molar-refractivity contribution in [3.63, 3.8) is 0 Å². The Balaban J connectivity index is 0.738. The fraction of sp³-hybridized carbons (Fsp3) is 0.123. The lowest BCUT2D eigenvalue weighted by Crippen LogP contribution is -2.58. The Kier molecular flexibility index (Phi) is 8.42. The first-order valence-electron chi connectivity index (χ1n) is 27.5. The van der Waals surface area contributed by atoms with Gasteiger partial charge in [0.2, 0.25) is 0 Å². The standard InChI is InChI=1S/C73H50N2S/c1-2-12-54-53(11-1)48-35-49-39-50-40-65(73(49,50)42-48)64-36-45(27-31-56(54)64)43-23-25-44(26-24-43)52-16-9-18-57-55(52)17-10-21-68(57)75-67-20-7-4-14-59(67)61-33-29-47(38-70(61)75)46-28-32-60-58-13-3-6-19-66(58)74(69(60)37-46)51-30-34-63-62-15-5-8-22-71(62)76-72(63)41-51/h1-34,36-38,41,48-50,65H,35,39-40,42H2. The zero-order valence-corrected chi connectivity index (χ0v) is 42.7. The molecular weight excluding hydrogens is 937 g/mol. The third-order valence-electron chi connectivity index (χ3n) is 19.5. The average molecular weight is 987 g/mol. The van der Waals surface area contributed by atoms with Crippen LogP contribution < -0.4 is 0 Å². The monoisotopic (exact) mass is 986 g/mol. The Labute approximate surface area is 444 Å². The molecule has 3 fully saturated rings. The fourth-order valence-corrected chi connectivity index (χ4v) is 17.3. The van der Waals surface area contributed by atoms with Crippen molar-refractivity contribution in [2.75, 3.05) is 0 Å². The molecule has 0 amide bonds. The Morgan fingerprint density at radius 1 is 0.342 bits per heavy atom. The second kappa shape index (κ2) is 15.3. The van der Waals surface area contributed by atoms with Crippen LogP contribution in [-0.4, -0.2) is 9.13 Å². The van der Waals surface area contributed by atoms with Gasteiger partial charge in [0, 0.05) is 52.8 Å². The maximum atomic E-state index is 2.60. The number of thiophene rings is 1. The minimum absolute atomic E-state index is 0.542. The van der Waals surface area contributed by atoms with Crippen LogP contribution in [0, 0.1) is 17.3 Å². The van der Waals surface area contributed by atoms with Gasteiger partial charge in [-0.1, -0.05) is 182 Å². The highest BCUT2D eigenvalue weighted by atomic mass is 32.1. The summed E-state index contributed by atoms with van der Waals surface area (Å²) in [6, 6.07) is 87.8. The molecule has 0 N–H and O–H groups in total. The summed E-state index contributed by atoms with van der Waals surface area (Å²) in [5.41, 5.74) is 21.5. The van der Waals surface area contributed by atoms with Gasteiger partial charge in [-0.3, -0.25) is 0 Å². The molecular formula is C73H50N2S. The van der Waals surface area contributed by atoms with Crippen LogP contribution in [0.4, 0.5) is 0 Å². The molecule has 3 saturated carbocycles. The van der Waals surface area contributed by atoms with E-state index in [4.69, 9.17) is 0 Å². The van der Waals surface area contributed by atoms with E-state index in [-0.39, 0.29) is 0 Å². The van der Waals surface area contributed by atoms with E-state index in [0.29, 0.717) is 11.3 Å². The van der Waals surface area contributed by atoms with Crippen molar-refractivity contribution in [3.05, 3.63) is 242 Å². The lowest BCUT2D eigenvalue weighted by molar-refractivity contribution is -0.144. The van der Waals surface area contributed by atoms with Gasteiger partial charge >= 0.3 is 0 Å². The lowest BCUT2D eigenvalue weighted by atomic mass is 9.37. The molecule has 4 aliphatic carbocycles. The summed E-state index contributed by atoms with van der Waals surface area (Å²) in [6.07, 6.45) is 5.61.